The van der Waals surface area contributed by atoms with Gasteiger partial charge in [0.25, 0.3) is 0 Å². The van der Waals surface area contributed by atoms with Gasteiger partial charge in [-0.1, -0.05) is 0 Å². The summed E-state index contributed by atoms with van der Waals surface area (Å²) < 4.78 is 100. The van der Waals surface area contributed by atoms with Crippen molar-refractivity contribution in [3.05, 3.63) is 0 Å². The fraction of sp³-hybridized carbons (Fsp3) is 0.950. The Labute approximate surface area is 611 Å². The number of carbonyl (C=O) groups is 3. The quantitative estimate of drug-likeness (QED) is 0.0363. The number of rotatable bonds is 27. The van der Waals surface area contributed by atoms with Crippen molar-refractivity contribution in [2.75, 3.05) is 52.9 Å². The molecular formula is C60H101N3O45. The normalized spacial score (nSPS) is 50.4. The molecule has 28 N–H and O–H groups in total. The van der Waals surface area contributed by atoms with Crippen LogP contribution in [0.4, 0.5) is 0 Å². The minimum atomic E-state index is -2.48. The molecule has 0 radical (unpaired) electrons. The summed E-state index contributed by atoms with van der Waals surface area (Å²) in [4.78, 5) is 38.9. The van der Waals surface area contributed by atoms with Gasteiger partial charge in [0.15, 0.2) is 56.6 Å². The van der Waals surface area contributed by atoms with Gasteiger partial charge in [-0.2, -0.15) is 0 Å². The van der Waals surface area contributed by atoms with E-state index < -0.39 is 347 Å². The zero-order valence-electron chi connectivity index (χ0n) is 58.0. The first kappa shape index (κ1) is 88.7. The first-order chi connectivity index (χ1) is 51.1. The standard InChI is InChI=1S/C60H101N3O45/c1-13-28(74)36(82)39(85)55(93-13)105-48-27(63-16(4)73)54(100-23(11-70)47(48)104-59-43(89)50(32(78)20(8-67)98-59)108-57-41(87)38(84)30(76)18(6-65)96-57)106-51-33(79)24(101-60(44(51)90)102-45-21(9-68)94-52(91)25(34(45)80)61-14(2)71)12-92-53-26(62-15(3)72)35(81)46(22(10-69)99-53)103-58-42(88)49(31(77)19(7-66)97-58)107-56-40(86)37(83)29(75)17(5-64)95-56/h13,17-60,64-70,74-91H,5-12H2,1-4H3,(H,61,71)(H,62,72)(H,63,73)/t13-,17+,18+,19+,20+,21+,22+,23+,24+,25+,26+,27+,28+,29-,30-,31-,32-,33-,34+,35+,36+,37-,38-,39-,40+,41+,42+,43+,44+,45+,46+,47+,48+,49-,50-,51-,52?,53+,54-,55-,56+,57+,58-,59-,60-/m0/s1. The third-order valence-corrected chi connectivity index (χ3v) is 19.9. The molecule has 0 saturated carbocycles. The average Bonchev–Trinajstić information content (AvgIpc) is 0.768. The maximum Gasteiger partial charge on any atom is 0.217 e. The van der Waals surface area contributed by atoms with Crippen molar-refractivity contribution in [1.29, 1.82) is 0 Å². The van der Waals surface area contributed by atoms with Crippen molar-refractivity contribution in [2.45, 2.75) is 304 Å². The molecule has 9 aliphatic heterocycles. The highest BCUT2D eigenvalue weighted by Gasteiger charge is 2.61. The van der Waals surface area contributed by atoms with E-state index in [2.05, 4.69) is 16.0 Å². The smallest absolute Gasteiger partial charge is 0.217 e. The van der Waals surface area contributed by atoms with Crippen LogP contribution in [0.1, 0.15) is 27.7 Å². The predicted octanol–water partition coefficient (Wildman–Crippen LogP) is -19.2. The highest BCUT2D eigenvalue weighted by atomic mass is 16.8. The van der Waals surface area contributed by atoms with Gasteiger partial charge in [-0.25, -0.2) is 0 Å². The van der Waals surface area contributed by atoms with Crippen molar-refractivity contribution < 1.29 is 223 Å². The lowest BCUT2D eigenvalue weighted by Gasteiger charge is -2.52. The van der Waals surface area contributed by atoms with Gasteiger partial charge in [-0.05, 0) is 6.92 Å². The lowest BCUT2D eigenvalue weighted by molar-refractivity contribution is -0.397. The van der Waals surface area contributed by atoms with E-state index in [4.69, 9.17) is 80.5 Å². The fourth-order valence-corrected chi connectivity index (χ4v) is 14.0. The second kappa shape index (κ2) is 38.5. The van der Waals surface area contributed by atoms with Crippen LogP contribution >= 0.6 is 0 Å². The Kier molecular flexibility index (Phi) is 31.6. The monoisotopic (exact) mass is 1580 g/mol. The largest absolute Gasteiger partial charge is 0.394 e. The van der Waals surface area contributed by atoms with Crippen LogP contribution in [0, 0.1) is 0 Å². The van der Waals surface area contributed by atoms with Gasteiger partial charge in [-0.3, -0.25) is 14.4 Å². The first-order valence-electron chi connectivity index (χ1n) is 34.5. The van der Waals surface area contributed by atoms with Crippen LogP contribution < -0.4 is 16.0 Å². The van der Waals surface area contributed by atoms with E-state index in [0.29, 0.717) is 0 Å². The van der Waals surface area contributed by atoms with Crippen molar-refractivity contribution in [1.82, 2.24) is 16.0 Å². The molecule has 0 aliphatic carbocycles. The van der Waals surface area contributed by atoms with E-state index in [1.807, 2.05) is 0 Å². The average molecular weight is 1580 g/mol. The molecule has 48 heteroatoms. The van der Waals surface area contributed by atoms with Gasteiger partial charge in [0.2, 0.25) is 17.7 Å². The van der Waals surface area contributed by atoms with Crippen LogP contribution in [-0.4, -0.2) is 474 Å². The Morgan fingerprint density at radius 3 is 0.972 bits per heavy atom. The molecule has 48 nitrogen and oxygen atoms in total. The van der Waals surface area contributed by atoms with Crippen LogP contribution in [-0.2, 0) is 94.9 Å². The molecule has 1 unspecified atom stereocenters. The molecular weight excluding hydrogens is 1480 g/mol. The third-order valence-electron chi connectivity index (χ3n) is 19.9. The number of amides is 3. The zero-order valence-corrected chi connectivity index (χ0v) is 58.0. The number of hydrogen-bond donors (Lipinski definition) is 28. The molecule has 9 rings (SSSR count). The van der Waals surface area contributed by atoms with Gasteiger partial charge >= 0.3 is 0 Å². The molecule has 9 fully saturated rings. The summed E-state index contributed by atoms with van der Waals surface area (Å²) in [7, 11) is 0. The molecule has 0 aromatic heterocycles. The zero-order chi connectivity index (χ0) is 79.5. The molecule has 0 spiro atoms. The first-order valence-corrected chi connectivity index (χ1v) is 34.5. The summed E-state index contributed by atoms with van der Waals surface area (Å²) in [5, 5.41) is 283. The van der Waals surface area contributed by atoms with Gasteiger partial charge in [0.1, 0.15) is 213 Å². The molecule has 3 amide bonds. The Hall–Kier alpha value is -3.27. The van der Waals surface area contributed by atoms with E-state index in [9.17, 15) is 142 Å². The van der Waals surface area contributed by atoms with Crippen molar-refractivity contribution >= 4 is 17.7 Å². The second-order valence-electron chi connectivity index (χ2n) is 27.4. The molecule has 9 saturated heterocycles. The maximum atomic E-state index is 13.6. The number of hydrogen-bond acceptors (Lipinski definition) is 45. The van der Waals surface area contributed by atoms with E-state index in [0.717, 1.165) is 20.8 Å². The van der Waals surface area contributed by atoms with Crippen LogP contribution in [0.5, 0.6) is 0 Å². The van der Waals surface area contributed by atoms with Gasteiger partial charge in [-0.15, -0.1) is 0 Å². The van der Waals surface area contributed by atoms with Crippen molar-refractivity contribution in [3.63, 3.8) is 0 Å². The second-order valence-corrected chi connectivity index (χ2v) is 27.4. The number of aliphatic hydroxyl groups is 25. The molecule has 626 valence electrons. The summed E-state index contributed by atoms with van der Waals surface area (Å²) in [6.45, 7) is -4.55. The lowest BCUT2D eigenvalue weighted by atomic mass is 9.93. The topological polar surface area (TPSA) is 750 Å². The Morgan fingerprint density at radius 2 is 0.546 bits per heavy atom. The Balaban J connectivity index is 1.04. The SMILES string of the molecule is CC(=O)N[C@H]1[C@H](OC[C@H]2O[C@@H](O[C@H]3[C@H](O)[C@@H](NC(C)=O)C(O)O[C@@H]3CO)[C@H](O)[C@@H](O[C@@H]3O[C@H](CO)[C@@H](O[C@@H]4O[C@H](CO)[C@H](O)[C@H](O[C@H]5O[C@H](CO)[C@H](O)[C@H](O)[C@H]5O)[C@H]4O)[C@H](O[C@@H]4O[C@@H](C)[C@@H](O)[C@@H](O)[C@@H]4O)[C@H]3NC(C)=O)[C@H]2O)O[C@H](CO)[C@@H](O[C@@H]2O[C@H](CO)[C@H](O)[C@H](O[C@H]3O[C@H](CO)[C@H](O)[C@H](O)[C@H]3O)[C@H]2O)[C@@H]1O. The highest BCUT2D eigenvalue weighted by molar-refractivity contribution is 5.74. The molecule has 9 heterocycles. The van der Waals surface area contributed by atoms with E-state index in [1.54, 1.807) is 0 Å². The van der Waals surface area contributed by atoms with Gasteiger partial charge < -0.3 is 224 Å². The fourth-order valence-electron chi connectivity index (χ4n) is 14.0. The maximum absolute atomic E-state index is 13.6. The summed E-state index contributed by atoms with van der Waals surface area (Å²) in [5.74, 6) is -2.79. The van der Waals surface area contributed by atoms with Crippen molar-refractivity contribution in [3.8, 4) is 0 Å². The van der Waals surface area contributed by atoms with Crippen LogP contribution in [0.25, 0.3) is 0 Å². The van der Waals surface area contributed by atoms with E-state index >= 15 is 0 Å². The van der Waals surface area contributed by atoms with Crippen molar-refractivity contribution in [2.24, 2.45) is 0 Å². The highest BCUT2D eigenvalue weighted by Crippen LogP contribution is 2.40. The molecule has 0 aromatic rings. The molecule has 45 atom stereocenters. The Bertz CT molecular complexity index is 2820. The number of aliphatic hydroxyl groups excluding tert-OH is 25. The van der Waals surface area contributed by atoms with Crippen LogP contribution in [0.3, 0.4) is 0 Å². The summed E-state index contributed by atoms with van der Waals surface area (Å²) in [6.07, 6.45) is -85.7. The third kappa shape index (κ3) is 19.1. The number of carbonyl (C=O) groups excluding carboxylic acids is 3. The summed E-state index contributed by atoms with van der Waals surface area (Å²) in [6, 6.07) is -5.70. The number of ether oxygens (including phenoxy) is 17. The van der Waals surface area contributed by atoms with Gasteiger partial charge in [0.05, 0.1) is 59.0 Å². The van der Waals surface area contributed by atoms with E-state index in [1.165, 1.54) is 6.92 Å². The molecule has 0 bridgehead atoms. The molecule has 108 heavy (non-hydrogen) atoms. The number of nitrogens with one attached hydrogen (secondary N) is 3. The molecule has 0 aromatic carbocycles. The Morgan fingerprint density at radius 1 is 0.259 bits per heavy atom. The van der Waals surface area contributed by atoms with Crippen LogP contribution in [0.2, 0.25) is 0 Å². The summed E-state index contributed by atoms with van der Waals surface area (Å²) >= 11 is 0. The lowest BCUT2D eigenvalue weighted by Crippen LogP contribution is -2.71. The minimum absolute atomic E-state index is 0.839. The summed E-state index contributed by atoms with van der Waals surface area (Å²) in [5.41, 5.74) is 0. The van der Waals surface area contributed by atoms with Crippen LogP contribution in [0.15, 0.2) is 0 Å². The minimum Gasteiger partial charge on any atom is -0.394 e. The van der Waals surface area contributed by atoms with Gasteiger partial charge in [0, 0.05) is 20.8 Å². The predicted molar refractivity (Wildman–Crippen MR) is 330 cm³/mol. The molecule has 9 aliphatic rings. The van der Waals surface area contributed by atoms with E-state index in [-0.39, 0.29) is 0 Å².